The number of hydrogen-bond acceptors (Lipinski definition) is 2. The molecule has 2 N–H and O–H groups in total. The monoisotopic (exact) mass is 432 g/mol. The van der Waals surface area contributed by atoms with Crippen molar-refractivity contribution in [2.24, 2.45) is 4.99 Å². The number of piperidine rings is 1. The molecule has 166 valence electrons. The summed E-state index contributed by atoms with van der Waals surface area (Å²) in [6.45, 7) is 2.32. The van der Waals surface area contributed by atoms with E-state index in [1.54, 1.807) is 13.1 Å². The number of aliphatic imine (C=N–C) groups is 1. The van der Waals surface area contributed by atoms with E-state index in [1.807, 2.05) is 29.2 Å². The van der Waals surface area contributed by atoms with Gasteiger partial charge in [0.1, 0.15) is 0 Å². The molecular formula is C23H27F3N4O. The van der Waals surface area contributed by atoms with Crippen LogP contribution in [0.25, 0.3) is 0 Å². The Morgan fingerprint density at radius 3 is 2.23 bits per heavy atom. The lowest BCUT2D eigenvalue weighted by atomic mass is 10.1. The zero-order valence-corrected chi connectivity index (χ0v) is 17.5. The number of nitrogens with one attached hydrogen (secondary N) is 2. The first kappa shape index (κ1) is 22.7. The van der Waals surface area contributed by atoms with Crippen LogP contribution < -0.4 is 10.6 Å². The van der Waals surface area contributed by atoms with Crippen molar-refractivity contribution in [1.82, 2.24) is 15.5 Å². The van der Waals surface area contributed by atoms with E-state index >= 15 is 0 Å². The minimum absolute atomic E-state index is 0.0674. The molecule has 1 saturated heterocycles. The highest BCUT2D eigenvalue weighted by molar-refractivity contribution is 5.94. The highest BCUT2D eigenvalue weighted by atomic mass is 19.4. The van der Waals surface area contributed by atoms with Gasteiger partial charge in [0.25, 0.3) is 5.91 Å². The molecule has 1 amide bonds. The number of benzene rings is 2. The molecule has 1 fully saturated rings. The van der Waals surface area contributed by atoms with Crippen LogP contribution in [0.2, 0.25) is 0 Å². The van der Waals surface area contributed by atoms with Crippen molar-refractivity contribution in [3.05, 3.63) is 70.8 Å². The van der Waals surface area contributed by atoms with Gasteiger partial charge in [0.05, 0.1) is 5.56 Å². The Balaban J connectivity index is 1.51. The van der Waals surface area contributed by atoms with Gasteiger partial charge in [0.2, 0.25) is 0 Å². The van der Waals surface area contributed by atoms with Gasteiger partial charge in [-0.1, -0.05) is 24.3 Å². The molecule has 1 aliphatic rings. The molecular weight excluding hydrogens is 405 g/mol. The Morgan fingerprint density at radius 1 is 0.968 bits per heavy atom. The quantitative estimate of drug-likeness (QED) is 0.550. The fraction of sp³-hybridized carbons (Fsp3) is 0.391. The molecule has 0 spiro atoms. The van der Waals surface area contributed by atoms with E-state index in [9.17, 15) is 18.0 Å². The number of hydrogen-bond donors (Lipinski definition) is 2. The number of alkyl halides is 3. The molecule has 0 aromatic heterocycles. The zero-order valence-electron chi connectivity index (χ0n) is 17.5. The van der Waals surface area contributed by atoms with E-state index in [4.69, 9.17) is 0 Å². The summed E-state index contributed by atoms with van der Waals surface area (Å²) in [7, 11) is 1.60. The molecule has 1 aliphatic heterocycles. The Hall–Kier alpha value is -3.03. The van der Waals surface area contributed by atoms with Crippen molar-refractivity contribution in [1.29, 1.82) is 0 Å². The van der Waals surface area contributed by atoms with Gasteiger partial charge in [-0.25, -0.2) is 0 Å². The summed E-state index contributed by atoms with van der Waals surface area (Å²) in [5.41, 5.74) is 1.49. The third-order valence-electron chi connectivity index (χ3n) is 5.24. The van der Waals surface area contributed by atoms with Crippen LogP contribution in [0.4, 0.5) is 13.2 Å². The number of nitrogens with zero attached hydrogens (tertiary/aromatic N) is 2. The first-order valence-corrected chi connectivity index (χ1v) is 10.4. The lowest BCUT2D eigenvalue weighted by molar-refractivity contribution is -0.137. The first-order chi connectivity index (χ1) is 14.9. The van der Waals surface area contributed by atoms with Crippen molar-refractivity contribution in [2.75, 3.05) is 20.1 Å². The highest BCUT2D eigenvalue weighted by Crippen LogP contribution is 2.29. The maximum Gasteiger partial charge on any atom is 0.416 e. The normalized spacial score (nSPS) is 15.0. The number of halogens is 3. The fourth-order valence-corrected chi connectivity index (χ4v) is 3.49. The summed E-state index contributed by atoms with van der Waals surface area (Å²) in [5, 5.41) is 6.15. The van der Waals surface area contributed by atoms with E-state index in [-0.39, 0.29) is 12.5 Å². The van der Waals surface area contributed by atoms with Gasteiger partial charge in [0, 0.05) is 38.8 Å². The minimum Gasteiger partial charge on any atom is -0.352 e. The Labute approximate surface area is 180 Å². The zero-order chi connectivity index (χ0) is 22.3. The highest BCUT2D eigenvalue weighted by Gasteiger charge is 2.30. The lowest BCUT2D eigenvalue weighted by Gasteiger charge is -2.26. The van der Waals surface area contributed by atoms with Gasteiger partial charge in [0.15, 0.2) is 5.96 Å². The van der Waals surface area contributed by atoms with E-state index in [2.05, 4.69) is 15.6 Å². The smallest absolute Gasteiger partial charge is 0.352 e. The average Bonchev–Trinajstić information content (AvgIpc) is 2.79. The maximum atomic E-state index is 12.8. The molecule has 31 heavy (non-hydrogen) atoms. The number of carbonyl (C=O) groups is 1. The van der Waals surface area contributed by atoms with E-state index < -0.39 is 11.7 Å². The van der Waals surface area contributed by atoms with Gasteiger partial charge >= 0.3 is 6.18 Å². The van der Waals surface area contributed by atoms with Crippen LogP contribution in [-0.2, 0) is 19.3 Å². The molecule has 0 atom stereocenters. The summed E-state index contributed by atoms with van der Waals surface area (Å²) in [4.78, 5) is 18.5. The number of rotatable bonds is 5. The molecule has 0 radical (unpaired) electrons. The Morgan fingerprint density at radius 2 is 1.61 bits per heavy atom. The Kier molecular flexibility index (Phi) is 7.55. The Bertz CT molecular complexity index is 904. The van der Waals surface area contributed by atoms with Crippen molar-refractivity contribution in [3.63, 3.8) is 0 Å². The summed E-state index contributed by atoms with van der Waals surface area (Å²) >= 11 is 0. The second kappa shape index (κ2) is 10.3. The molecule has 5 nitrogen and oxygen atoms in total. The van der Waals surface area contributed by atoms with Gasteiger partial charge in [-0.2, -0.15) is 13.2 Å². The average molecular weight is 432 g/mol. The second-order valence-electron chi connectivity index (χ2n) is 7.53. The fourth-order valence-electron chi connectivity index (χ4n) is 3.49. The summed E-state index contributed by atoms with van der Waals surface area (Å²) < 4.78 is 38.5. The number of likely N-dealkylation sites (tertiary alicyclic amines) is 1. The maximum absolute atomic E-state index is 12.8. The van der Waals surface area contributed by atoms with Crippen LogP contribution in [0.5, 0.6) is 0 Å². The summed E-state index contributed by atoms with van der Waals surface area (Å²) in [6.07, 6.45) is -1.07. The standard InChI is InChI=1S/C23H27F3N4O/c1-27-22(29-16-18-6-5-7-20(14-18)23(24,25)26)28-15-17-8-10-19(11-9-17)21(31)30-12-3-2-4-13-30/h5-11,14H,2-4,12-13,15-16H2,1H3,(H2,27,28,29). The third kappa shape index (κ3) is 6.47. The van der Waals surface area contributed by atoms with Crippen molar-refractivity contribution >= 4 is 11.9 Å². The minimum atomic E-state index is -4.36. The van der Waals surface area contributed by atoms with Crippen LogP contribution in [-0.4, -0.2) is 36.9 Å². The number of amides is 1. The summed E-state index contributed by atoms with van der Waals surface area (Å²) in [6, 6.07) is 12.6. The molecule has 0 aliphatic carbocycles. The van der Waals surface area contributed by atoms with Crippen molar-refractivity contribution < 1.29 is 18.0 Å². The molecule has 1 heterocycles. The van der Waals surface area contributed by atoms with Crippen LogP contribution in [0.15, 0.2) is 53.5 Å². The van der Waals surface area contributed by atoms with Crippen LogP contribution in [0.3, 0.4) is 0 Å². The lowest BCUT2D eigenvalue weighted by Crippen LogP contribution is -2.36. The molecule has 3 rings (SSSR count). The second-order valence-corrected chi connectivity index (χ2v) is 7.53. The van der Waals surface area contributed by atoms with Crippen molar-refractivity contribution in [3.8, 4) is 0 Å². The molecule has 0 unspecified atom stereocenters. The third-order valence-corrected chi connectivity index (χ3v) is 5.24. The number of carbonyl (C=O) groups excluding carboxylic acids is 1. The van der Waals surface area contributed by atoms with E-state index in [1.165, 1.54) is 12.5 Å². The van der Waals surface area contributed by atoms with E-state index in [0.29, 0.717) is 23.6 Å². The van der Waals surface area contributed by atoms with Crippen LogP contribution in [0, 0.1) is 0 Å². The first-order valence-electron chi connectivity index (χ1n) is 10.4. The summed E-state index contributed by atoms with van der Waals surface area (Å²) in [5.74, 6) is 0.545. The molecule has 2 aromatic carbocycles. The van der Waals surface area contributed by atoms with E-state index in [0.717, 1.165) is 43.6 Å². The number of guanidine groups is 1. The van der Waals surface area contributed by atoms with Gasteiger partial charge in [-0.3, -0.25) is 9.79 Å². The van der Waals surface area contributed by atoms with Gasteiger partial charge < -0.3 is 15.5 Å². The molecule has 0 bridgehead atoms. The molecule has 8 heteroatoms. The molecule has 0 saturated carbocycles. The van der Waals surface area contributed by atoms with Crippen molar-refractivity contribution in [2.45, 2.75) is 38.5 Å². The topological polar surface area (TPSA) is 56.7 Å². The van der Waals surface area contributed by atoms with Crippen LogP contribution >= 0.6 is 0 Å². The predicted octanol–water partition coefficient (Wildman–Crippen LogP) is 4.20. The van der Waals surface area contributed by atoms with Gasteiger partial charge in [-0.05, 0) is 54.7 Å². The molecule has 2 aromatic rings. The SMILES string of the molecule is CN=C(NCc1ccc(C(=O)N2CCCCC2)cc1)NCc1cccc(C(F)(F)F)c1. The predicted molar refractivity (Wildman–Crippen MR) is 115 cm³/mol. The largest absolute Gasteiger partial charge is 0.416 e. The van der Waals surface area contributed by atoms with Crippen LogP contribution in [0.1, 0.15) is 46.3 Å². The van der Waals surface area contributed by atoms with Gasteiger partial charge in [-0.15, -0.1) is 0 Å².